The SMILES string of the molecule is CCOC(=O)C1=C(C)OC(N)=C(C#N)[C@H]1c1cc(F)ccc1F. The van der Waals surface area contributed by atoms with E-state index < -0.39 is 23.5 Å². The van der Waals surface area contributed by atoms with Gasteiger partial charge in [0.05, 0.1) is 18.1 Å². The summed E-state index contributed by atoms with van der Waals surface area (Å²) in [4.78, 5) is 12.2. The van der Waals surface area contributed by atoms with Crippen LogP contribution in [-0.2, 0) is 14.3 Å². The Kier molecular flexibility index (Phi) is 4.65. The minimum atomic E-state index is -1.19. The minimum absolute atomic E-state index is 0.0774. The van der Waals surface area contributed by atoms with Gasteiger partial charge in [0.1, 0.15) is 29.0 Å². The Morgan fingerprint density at radius 3 is 2.78 bits per heavy atom. The lowest BCUT2D eigenvalue weighted by Gasteiger charge is -2.27. The molecule has 1 aromatic carbocycles. The fourth-order valence-corrected chi connectivity index (χ4v) is 2.40. The van der Waals surface area contributed by atoms with Crippen LogP contribution in [0.1, 0.15) is 25.3 Å². The first kappa shape index (κ1) is 16.5. The van der Waals surface area contributed by atoms with Crippen LogP contribution >= 0.6 is 0 Å². The van der Waals surface area contributed by atoms with Crippen LogP contribution in [0.5, 0.6) is 0 Å². The van der Waals surface area contributed by atoms with Crippen molar-refractivity contribution in [1.29, 1.82) is 5.26 Å². The van der Waals surface area contributed by atoms with Gasteiger partial charge >= 0.3 is 5.97 Å². The number of rotatable bonds is 3. The zero-order valence-electron chi connectivity index (χ0n) is 12.5. The van der Waals surface area contributed by atoms with Gasteiger partial charge in [0.2, 0.25) is 5.88 Å². The number of nitrogens with zero attached hydrogens (tertiary/aromatic N) is 1. The van der Waals surface area contributed by atoms with Crippen molar-refractivity contribution >= 4 is 5.97 Å². The Morgan fingerprint density at radius 2 is 2.17 bits per heavy atom. The summed E-state index contributed by atoms with van der Waals surface area (Å²) in [7, 11) is 0. The molecule has 2 N–H and O–H groups in total. The lowest BCUT2D eigenvalue weighted by Crippen LogP contribution is -2.26. The lowest BCUT2D eigenvalue weighted by atomic mass is 9.83. The fourth-order valence-electron chi connectivity index (χ4n) is 2.40. The molecule has 0 aliphatic carbocycles. The minimum Gasteiger partial charge on any atom is -0.463 e. The van der Waals surface area contributed by atoms with Gasteiger partial charge in [0, 0.05) is 5.56 Å². The zero-order chi connectivity index (χ0) is 17.1. The Bertz CT molecular complexity index is 763. The van der Waals surface area contributed by atoms with Gasteiger partial charge in [0.15, 0.2) is 0 Å². The molecule has 1 heterocycles. The van der Waals surface area contributed by atoms with Crippen molar-refractivity contribution in [2.24, 2.45) is 5.73 Å². The van der Waals surface area contributed by atoms with Crippen molar-refractivity contribution in [1.82, 2.24) is 0 Å². The molecule has 23 heavy (non-hydrogen) atoms. The van der Waals surface area contributed by atoms with Gasteiger partial charge in [-0.15, -0.1) is 0 Å². The van der Waals surface area contributed by atoms with E-state index in [2.05, 4.69) is 0 Å². The standard InChI is InChI=1S/C16H14F2N2O3/c1-3-22-16(21)13-8(2)23-15(20)11(7-19)14(13)10-6-9(17)4-5-12(10)18/h4-6,14H,3,20H2,1-2H3/t14-/m1/s1. The summed E-state index contributed by atoms with van der Waals surface area (Å²) in [5.41, 5.74) is 5.22. The number of esters is 1. The number of nitriles is 1. The van der Waals surface area contributed by atoms with Gasteiger partial charge in [-0.1, -0.05) is 0 Å². The maximum absolute atomic E-state index is 14.2. The van der Waals surface area contributed by atoms with Crippen molar-refractivity contribution in [3.63, 3.8) is 0 Å². The van der Waals surface area contributed by atoms with Crippen LogP contribution in [0.25, 0.3) is 0 Å². The molecule has 1 aliphatic heterocycles. The Labute approximate surface area is 131 Å². The Hall–Kier alpha value is -2.88. The molecule has 0 aromatic heterocycles. The fraction of sp³-hybridized carbons (Fsp3) is 0.250. The van der Waals surface area contributed by atoms with Crippen LogP contribution < -0.4 is 5.73 Å². The molecule has 0 saturated carbocycles. The predicted molar refractivity (Wildman–Crippen MR) is 76.3 cm³/mol. The summed E-state index contributed by atoms with van der Waals surface area (Å²) in [6.07, 6.45) is 0. The smallest absolute Gasteiger partial charge is 0.338 e. The molecule has 1 aliphatic rings. The van der Waals surface area contributed by atoms with E-state index in [4.69, 9.17) is 15.2 Å². The first-order chi connectivity index (χ1) is 10.9. The molecule has 0 fully saturated rings. The van der Waals surface area contributed by atoms with E-state index in [9.17, 15) is 18.8 Å². The van der Waals surface area contributed by atoms with Crippen LogP contribution in [0.2, 0.25) is 0 Å². The molecule has 0 unspecified atom stereocenters. The van der Waals surface area contributed by atoms with E-state index in [0.29, 0.717) is 0 Å². The monoisotopic (exact) mass is 320 g/mol. The quantitative estimate of drug-likeness (QED) is 0.865. The highest BCUT2D eigenvalue weighted by atomic mass is 19.1. The van der Waals surface area contributed by atoms with Crippen molar-refractivity contribution < 1.29 is 23.0 Å². The molecule has 0 radical (unpaired) electrons. The van der Waals surface area contributed by atoms with Gasteiger partial charge in [0.25, 0.3) is 0 Å². The van der Waals surface area contributed by atoms with Gasteiger partial charge in [-0.25, -0.2) is 13.6 Å². The molecule has 5 nitrogen and oxygen atoms in total. The van der Waals surface area contributed by atoms with Crippen LogP contribution in [0.3, 0.4) is 0 Å². The number of nitrogens with two attached hydrogens (primary N) is 1. The summed E-state index contributed by atoms with van der Waals surface area (Å²) in [5, 5.41) is 9.31. The third kappa shape index (κ3) is 3.01. The van der Waals surface area contributed by atoms with Gasteiger partial charge in [-0.05, 0) is 32.0 Å². The maximum Gasteiger partial charge on any atom is 0.338 e. The molecule has 2 rings (SSSR count). The van der Waals surface area contributed by atoms with Crippen molar-refractivity contribution in [2.45, 2.75) is 19.8 Å². The van der Waals surface area contributed by atoms with Crippen LogP contribution in [0.15, 0.2) is 41.0 Å². The highest BCUT2D eigenvalue weighted by molar-refractivity contribution is 5.92. The number of benzene rings is 1. The lowest BCUT2D eigenvalue weighted by molar-refractivity contribution is -0.139. The molecule has 7 heteroatoms. The Morgan fingerprint density at radius 1 is 1.48 bits per heavy atom. The Balaban J connectivity index is 2.69. The van der Waals surface area contributed by atoms with Crippen LogP contribution in [0, 0.1) is 23.0 Å². The molecular formula is C16H14F2N2O3. The van der Waals surface area contributed by atoms with Crippen LogP contribution in [-0.4, -0.2) is 12.6 Å². The predicted octanol–water partition coefficient (Wildman–Crippen LogP) is 2.61. The normalized spacial score (nSPS) is 17.6. The molecule has 0 saturated heterocycles. The molecule has 1 atom stereocenters. The maximum atomic E-state index is 14.2. The number of hydrogen-bond donors (Lipinski definition) is 1. The number of carbonyl (C=O) groups is 1. The van der Waals surface area contributed by atoms with E-state index in [0.717, 1.165) is 18.2 Å². The zero-order valence-corrected chi connectivity index (χ0v) is 12.5. The summed E-state index contributed by atoms with van der Waals surface area (Å²) >= 11 is 0. The first-order valence-electron chi connectivity index (χ1n) is 6.81. The number of hydrogen-bond acceptors (Lipinski definition) is 5. The van der Waals surface area contributed by atoms with Crippen molar-refractivity contribution in [3.8, 4) is 6.07 Å². The highest BCUT2D eigenvalue weighted by Crippen LogP contribution is 2.40. The molecule has 0 bridgehead atoms. The molecule has 0 amide bonds. The van der Waals surface area contributed by atoms with Crippen LogP contribution in [0.4, 0.5) is 8.78 Å². The van der Waals surface area contributed by atoms with Crippen molar-refractivity contribution in [3.05, 3.63) is 58.2 Å². The number of allylic oxidation sites excluding steroid dienone is 2. The third-order valence-corrected chi connectivity index (χ3v) is 3.37. The molecule has 1 aromatic rings. The van der Waals surface area contributed by atoms with E-state index in [1.807, 2.05) is 0 Å². The first-order valence-corrected chi connectivity index (χ1v) is 6.81. The largest absolute Gasteiger partial charge is 0.463 e. The molecular weight excluding hydrogens is 306 g/mol. The third-order valence-electron chi connectivity index (χ3n) is 3.37. The van der Waals surface area contributed by atoms with E-state index >= 15 is 0 Å². The topological polar surface area (TPSA) is 85.3 Å². The van der Waals surface area contributed by atoms with Gasteiger partial charge in [-0.3, -0.25) is 0 Å². The molecule has 120 valence electrons. The summed E-state index contributed by atoms with van der Waals surface area (Å²) in [6, 6.07) is 4.58. The number of carbonyl (C=O) groups excluding carboxylic acids is 1. The second-order valence-electron chi connectivity index (χ2n) is 4.78. The number of ether oxygens (including phenoxy) is 2. The van der Waals surface area contributed by atoms with Gasteiger partial charge < -0.3 is 15.2 Å². The number of halogens is 2. The van der Waals surface area contributed by atoms with E-state index in [1.54, 1.807) is 13.0 Å². The summed E-state index contributed by atoms with van der Waals surface area (Å²) in [6.45, 7) is 3.12. The van der Waals surface area contributed by atoms with Crippen molar-refractivity contribution in [2.75, 3.05) is 6.61 Å². The second-order valence-corrected chi connectivity index (χ2v) is 4.78. The van der Waals surface area contributed by atoms with E-state index in [-0.39, 0.29) is 35.0 Å². The average Bonchev–Trinajstić information content (AvgIpc) is 2.49. The summed E-state index contributed by atoms with van der Waals surface area (Å²) < 4.78 is 37.9. The molecule has 0 spiro atoms. The average molecular weight is 320 g/mol. The van der Waals surface area contributed by atoms with Gasteiger partial charge in [-0.2, -0.15) is 5.26 Å². The highest BCUT2D eigenvalue weighted by Gasteiger charge is 2.37. The summed E-state index contributed by atoms with van der Waals surface area (Å²) in [5.74, 6) is -3.62. The second kappa shape index (κ2) is 6.48. The van der Waals surface area contributed by atoms with E-state index in [1.165, 1.54) is 6.92 Å².